The van der Waals surface area contributed by atoms with Crippen LogP contribution in [-0.2, 0) is 16.1 Å². The van der Waals surface area contributed by atoms with E-state index < -0.39 is 17.9 Å². The van der Waals surface area contributed by atoms with E-state index in [0.717, 1.165) is 33.6 Å². The van der Waals surface area contributed by atoms with Gasteiger partial charge in [-0.1, -0.05) is 41.9 Å². The SMILES string of the molecule is CSCCC(NC(=O)c1ccc(COC(C)c2ccc(-c3ccc(Cl)cc3)o2)cc1-c1ccccc1C)C(=O)O.[H-].[Li+]. The van der Waals surface area contributed by atoms with Crippen molar-refractivity contribution in [1.29, 1.82) is 0 Å². The molecule has 6 nitrogen and oxygen atoms in total. The zero-order chi connectivity index (χ0) is 28.6. The number of furan rings is 1. The maximum Gasteiger partial charge on any atom is 1.00 e. The molecular formula is C32H33ClLiNO5S. The Morgan fingerprint density at radius 3 is 2.46 bits per heavy atom. The minimum absolute atomic E-state index is 0. The number of thioether (sulfide) groups is 1. The summed E-state index contributed by atoms with van der Waals surface area (Å²) in [6.45, 7) is 4.20. The molecule has 1 amide bonds. The van der Waals surface area contributed by atoms with Crippen molar-refractivity contribution in [2.45, 2.75) is 39.0 Å². The molecule has 4 rings (SSSR count). The molecule has 1 heterocycles. The van der Waals surface area contributed by atoms with Crippen LogP contribution in [0.4, 0.5) is 0 Å². The molecule has 0 saturated carbocycles. The van der Waals surface area contributed by atoms with Gasteiger partial charge in [-0.05, 0) is 103 Å². The van der Waals surface area contributed by atoms with E-state index in [2.05, 4.69) is 5.32 Å². The molecule has 0 radical (unpaired) electrons. The standard InChI is InChI=1S/C32H32ClNO5S.Li.H/c1-20-6-4-5-7-25(20)27-18-22(8-13-26(27)31(35)34-28(32(36)37)16-17-40-3)19-38-21(2)29-14-15-30(39-29)23-9-11-24(33)12-10-23;;/h4-15,18,21,28H,16-17,19H2,1-3H3,(H,34,35)(H,36,37);;/q;+1;-1. The van der Waals surface area contributed by atoms with E-state index in [-0.39, 0.29) is 26.4 Å². The van der Waals surface area contributed by atoms with E-state index in [9.17, 15) is 14.7 Å². The van der Waals surface area contributed by atoms with Gasteiger partial charge in [0.05, 0.1) is 6.61 Å². The first-order valence-electron chi connectivity index (χ1n) is 13.0. The smallest absolute Gasteiger partial charge is 1.00 e. The maximum atomic E-state index is 13.3. The van der Waals surface area contributed by atoms with Gasteiger partial charge in [-0.15, -0.1) is 0 Å². The van der Waals surface area contributed by atoms with Crippen LogP contribution in [0.5, 0.6) is 0 Å². The average molecular weight is 586 g/mol. The third-order valence-electron chi connectivity index (χ3n) is 6.63. The number of benzene rings is 3. The topological polar surface area (TPSA) is 88.8 Å². The second-order valence-corrected chi connectivity index (χ2v) is 10.9. The van der Waals surface area contributed by atoms with Crippen molar-refractivity contribution < 1.29 is 44.1 Å². The summed E-state index contributed by atoms with van der Waals surface area (Å²) in [6.07, 6.45) is 1.94. The molecule has 1 aromatic heterocycles. The van der Waals surface area contributed by atoms with E-state index in [1.54, 1.807) is 17.8 Å². The fourth-order valence-electron chi connectivity index (χ4n) is 4.35. The summed E-state index contributed by atoms with van der Waals surface area (Å²) < 4.78 is 12.2. The summed E-state index contributed by atoms with van der Waals surface area (Å²) in [7, 11) is 0. The summed E-state index contributed by atoms with van der Waals surface area (Å²) in [5, 5.41) is 13.0. The van der Waals surface area contributed by atoms with E-state index >= 15 is 0 Å². The van der Waals surface area contributed by atoms with E-state index in [0.29, 0.717) is 35.1 Å². The van der Waals surface area contributed by atoms with Gasteiger partial charge in [0.25, 0.3) is 5.91 Å². The Hall–Kier alpha value is -2.92. The van der Waals surface area contributed by atoms with Crippen molar-refractivity contribution in [2.75, 3.05) is 12.0 Å². The minimum atomic E-state index is -1.05. The number of carboxylic acid groups (broad SMARTS) is 1. The Bertz CT molecular complexity index is 1480. The van der Waals surface area contributed by atoms with Crippen molar-refractivity contribution in [3.63, 3.8) is 0 Å². The number of amides is 1. The number of nitrogens with one attached hydrogen (secondary N) is 1. The Morgan fingerprint density at radius 2 is 1.78 bits per heavy atom. The molecule has 2 atom stereocenters. The first kappa shape index (κ1) is 32.6. The van der Waals surface area contributed by atoms with E-state index in [4.69, 9.17) is 20.8 Å². The summed E-state index contributed by atoms with van der Waals surface area (Å²) in [5.74, 6) is 0.600. The van der Waals surface area contributed by atoms with Crippen molar-refractivity contribution in [1.82, 2.24) is 5.32 Å². The molecule has 2 unspecified atom stereocenters. The molecule has 0 fully saturated rings. The normalized spacial score (nSPS) is 12.3. The Labute approximate surface area is 263 Å². The van der Waals surface area contributed by atoms with Crippen molar-refractivity contribution in [3.05, 3.63) is 106 Å². The van der Waals surface area contributed by atoms with Crippen molar-refractivity contribution in [2.24, 2.45) is 0 Å². The summed E-state index contributed by atoms with van der Waals surface area (Å²) in [5.41, 5.74) is 4.85. The van der Waals surface area contributed by atoms with Gasteiger partial charge in [0.2, 0.25) is 0 Å². The predicted molar refractivity (Wildman–Crippen MR) is 162 cm³/mol. The first-order chi connectivity index (χ1) is 19.3. The van der Waals surface area contributed by atoms with Gasteiger partial charge in [-0.25, -0.2) is 4.79 Å². The number of aryl methyl sites for hydroxylation is 1. The molecular weight excluding hydrogens is 553 g/mol. The molecule has 0 aliphatic heterocycles. The number of ether oxygens (including phenoxy) is 1. The predicted octanol–water partition coefficient (Wildman–Crippen LogP) is 4.91. The number of carbonyl (C=O) groups is 2. The molecule has 0 saturated heterocycles. The molecule has 0 bridgehead atoms. The zero-order valence-corrected chi connectivity index (χ0v) is 25.2. The second kappa shape index (κ2) is 15.3. The largest absolute Gasteiger partial charge is 1.00 e. The third-order valence-corrected chi connectivity index (χ3v) is 7.53. The Morgan fingerprint density at radius 1 is 1.05 bits per heavy atom. The summed E-state index contributed by atoms with van der Waals surface area (Å²) >= 11 is 7.54. The quantitative estimate of drug-likeness (QED) is 0.230. The maximum absolute atomic E-state index is 13.3. The number of halogens is 1. The molecule has 4 aromatic rings. The van der Waals surface area contributed by atoms with E-state index in [1.165, 1.54) is 0 Å². The van der Waals surface area contributed by atoms with Gasteiger partial charge in [0.1, 0.15) is 23.7 Å². The third kappa shape index (κ3) is 8.54. The minimum Gasteiger partial charge on any atom is -1.00 e. The van der Waals surface area contributed by atoms with Crippen molar-refractivity contribution >= 4 is 35.2 Å². The second-order valence-electron chi connectivity index (χ2n) is 9.50. The van der Waals surface area contributed by atoms with Gasteiger partial charge in [-0.2, -0.15) is 11.8 Å². The molecule has 0 aliphatic rings. The molecule has 2 N–H and O–H groups in total. The van der Waals surface area contributed by atoms with Gasteiger partial charge in [0.15, 0.2) is 0 Å². The number of rotatable bonds is 12. The summed E-state index contributed by atoms with van der Waals surface area (Å²) in [6, 6.07) is 23.6. The Kier molecular flexibility index (Phi) is 12.2. The molecule has 0 spiro atoms. The van der Waals surface area contributed by atoms with Crippen LogP contribution >= 0.6 is 23.4 Å². The van der Waals surface area contributed by atoms with Crippen molar-refractivity contribution in [3.8, 4) is 22.5 Å². The number of aliphatic carboxylic acids is 1. The fourth-order valence-corrected chi connectivity index (χ4v) is 4.95. The number of hydrogen-bond donors (Lipinski definition) is 2. The van der Waals surface area contributed by atoms with Crippen LogP contribution in [0, 0.1) is 6.92 Å². The number of hydrogen-bond acceptors (Lipinski definition) is 5. The van der Waals surface area contributed by atoms with Crippen LogP contribution in [0.15, 0.2) is 83.3 Å². The number of carbonyl (C=O) groups excluding carboxylic acids is 1. The molecule has 0 aliphatic carbocycles. The van der Waals surface area contributed by atoms with Gasteiger partial charge >= 0.3 is 24.8 Å². The summed E-state index contributed by atoms with van der Waals surface area (Å²) in [4.78, 5) is 25.0. The van der Waals surface area contributed by atoms with Crippen LogP contribution in [0.3, 0.4) is 0 Å². The van der Waals surface area contributed by atoms with Crippen LogP contribution in [0.2, 0.25) is 5.02 Å². The van der Waals surface area contributed by atoms with E-state index in [1.807, 2.05) is 92.9 Å². The fraction of sp³-hybridized carbons (Fsp3) is 0.250. The van der Waals surface area contributed by atoms with Gasteiger partial charge < -0.3 is 21.0 Å². The monoisotopic (exact) mass is 585 g/mol. The zero-order valence-electron chi connectivity index (χ0n) is 24.6. The first-order valence-corrected chi connectivity index (χ1v) is 14.7. The van der Waals surface area contributed by atoms with Crippen LogP contribution < -0.4 is 24.2 Å². The van der Waals surface area contributed by atoms with Crippen LogP contribution in [0.1, 0.15) is 48.1 Å². The molecule has 41 heavy (non-hydrogen) atoms. The van der Waals surface area contributed by atoms with Gasteiger partial charge in [0, 0.05) is 16.1 Å². The molecule has 210 valence electrons. The average Bonchev–Trinajstić information content (AvgIpc) is 3.45. The molecule has 9 heteroatoms. The Balaban J connectivity index is 0.00000308. The van der Waals surface area contributed by atoms with Crippen LogP contribution in [0.25, 0.3) is 22.5 Å². The van der Waals surface area contributed by atoms with Gasteiger partial charge in [-0.3, -0.25) is 4.79 Å². The molecule has 3 aromatic carbocycles. The van der Waals surface area contributed by atoms with Crippen LogP contribution in [-0.4, -0.2) is 35.0 Å². The number of carboxylic acids is 1.